The van der Waals surface area contributed by atoms with Crippen LogP contribution in [0.5, 0.6) is 0 Å². The number of primary sulfonamides is 1. The summed E-state index contributed by atoms with van der Waals surface area (Å²) in [6, 6.07) is 0. The highest BCUT2D eigenvalue weighted by Crippen LogP contribution is 2.17. The summed E-state index contributed by atoms with van der Waals surface area (Å²) >= 11 is 0. The molecule has 102 heavy (non-hydrogen) atoms. The molecule has 0 aliphatic carbocycles. The first-order chi connectivity index (χ1) is 47.6. The zero-order valence-electron chi connectivity index (χ0n) is 59.6. The van der Waals surface area contributed by atoms with Crippen molar-refractivity contribution in [3.8, 4) is 0 Å². The van der Waals surface area contributed by atoms with Crippen LogP contribution in [0.25, 0.3) is 0 Å². The monoisotopic (exact) mass is 1510 g/mol. The number of aryl methyl sites for hydroxylation is 3. The number of H-pyrrole nitrogens is 3. The summed E-state index contributed by atoms with van der Waals surface area (Å²) in [5, 5.41) is 63.5. The Bertz CT molecular complexity index is 2790. The lowest BCUT2D eigenvalue weighted by molar-refractivity contribution is -0.141. The van der Waals surface area contributed by atoms with Crippen molar-refractivity contribution < 1.29 is 73.7 Å². The number of rotatable bonds is 62. The number of hydrogen-bond acceptors (Lipinski definition) is 23. The molecule has 0 unspecified atom stereocenters. The number of nitrogens with one attached hydrogen (secondary N) is 5. The molecule has 9 N–H and O–H groups in total. The summed E-state index contributed by atoms with van der Waals surface area (Å²) in [5.74, 6) is -1.91. The fourth-order valence-electron chi connectivity index (χ4n) is 10.4. The van der Waals surface area contributed by atoms with Crippen LogP contribution >= 0.6 is 0 Å². The van der Waals surface area contributed by atoms with Gasteiger partial charge >= 0.3 is 23.9 Å². The van der Waals surface area contributed by atoms with Crippen LogP contribution in [-0.2, 0) is 87.6 Å². The Labute approximate surface area is 611 Å². The van der Waals surface area contributed by atoms with Crippen molar-refractivity contribution in [2.24, 2.45) is 5.14 Å². The van der Waals surface area contributed by atoms with E-state index in [4.69, 9.17) is 10.2 Å². The number of carboxylic acid groups (broad SMARTS) is 2. The van der Waals surface area contributed by atoms with Crippen molar-refractivity contribution in [3.63, 3.8) is 0 Å². The molecule has 3 aromatic rings. The molecule has 0 atom stereocenters. The SMILES string of the molecule is C.C.C.COC(=O)CCCS(=O)(=O)NC(=O)CCCCCCCCCCCCCCCc1nn[nH]n1.COC(=O)CCCS(N)(=O)=O.O=C(O)CCCCCCCCCCCCCCCc1nn[nH]n1.O=C(O)CCCS(=O)(=O)NC(=O)CCCCCCCCCCCCCCCc1nn[nH]n1. The van der Waals surface area contributed by atoms with Crippen LogP contribution in [0.3, 0.4) is 0 Å². The minimum atomic E-state index is -3.73. The molecule has 0 aromatic carbocycles. The van der Waals surface area contributed by atoms with Crippen molar-refractivity contribution in [1.82, 2.24) is 71.3 Å². The van der Waals surface area contributed by atoms with Gasteiger partial charge in [-0.05, 0) is 57.8 Å². The molecule has 0 bridgehead atoms. The maximum absolute atomic E-state index is 11.8. The Kier molecular flexibility index (Phi) is 70.6. The highest BCUT2D eigenvalue weighted by atomic mass is 32.2. The second-order valence-corrected chi connectivity index (χ2v) is 30.5. The van der Waals surface area contributed by atoms with E-state index in [0.717, 1.165) is 107 Å². The Morgan fingerprint density at radius 1 is 0.333 bits per heavy atom. The molecular weight excluding hydrogens is 1380 g/mol. The van der Waals surface area contributed by atoms with Gasteiger partial charge in [-0.15, -0.1) is 30.6 Å². The van der Waals surface area contributed by atoms with Crippen LogP contribution in [0.4, 0.5) is 0 Å². The number of nitrogens with zero attached hydrogens (tertiary/aromatic N) is 9. The molecule has 0 saturated heterocycles. The third-order valence-corrected chi connectivity index (χ3v) is 19.6. The Hall–Kier alpha value is -6.16. The highest BCUT2D eigenvalue weighted by molar-refractivity contribution is 7.90. The zero-order valence-corrected chi connectivity index (χ0v) is 62.1. The Morgan fingerprint density at radius 3 is 0.775 bits per heavy atom. The van der Waals surface area contributed by atoms with Crippen LogP contribution < -0.4 is 14.6 Å². The number of nitrogens with two attached hydrogens (primary N) is 1. The zero-order chi connectivity index (χ0) is 73.2. The third kappa shape index (κ3) is 75.0. The number of ether oxygens (including phenoxy) is 2. The number of aromatic amines is 3. The number of unbranched alkanes of at least 4 members (excludes halogenated alkanes) is 36. The third-order valence-electron chi connectivity index (χ3n) is 16.0. The molecule has 3 aromatic heterocycles. The number of aromatic nitrogens is 12. The lowest BCUT2D eigenvalue weighted by Crippen LogP contribution is -2.32. The van der Waals surface area contributed by atoms with Gasteiger partial charge in [0, 0.05) is 57.8 Å². The standard InChI is InChI=1S/C22H41N5O5S.C21H39N5O5S.C17H32N4O2.C5H11NO4S.3CH4/c1-32-22(29)18-15-19-33(30,31)25-21(28)17-14-12-10-8-6-4-2-3-5-7-9-11-13-16-20-23-26-27-24-20;27-20(24-32(30,31)18-14-17-21(28)29)16-13-11-9-7-5-3-1-2-4-6-8-10-12-15-19-22-25-26-23-19;22-17(23)15-13-11-9-7-5-3-1-2-4-6-8-10-12-14-16-18-20-21-19-16;1-10-5(7)3-2-4-11(6,8)9;;;/h2-19H2,1H3,(H,25,28)(H,23,24,26,27);1-18H2,(H,24,27)(H,28,29)(H,22,23,25,26);1-15H2,(H,22,23)(H,18,19,20,21);2-4H2,1H3,(H2,6,8,9);3*1H4. The van der Waals surface area contributed by atoms with Crippen LogP contribution in [-0.4, -0.2) is 165 Å². The number of sulfonamides is 3. The molecule has 0 radical (unpaired) electrons. The average molecular weight is 1520 g/mol. The number of hydrogen-bond donors (Lipinski definition) is 8. The van der Waals surface area contributed by atoms with E-state index in [0.29, 0.717) is 19.3 Å². The van der Waals surface area contributed by atoms with Crippen LogP contribution in [0, 0.1) is 0 Å². The predicted octanol–water partition coefficient (Wildman–Crippen LogP) is 12.5. The minimum absolute atomic E-state index is 0. The van der Waals surface area contributed by atoms with Gasteiger partial charge in [-0.2, -0.15) is 15.6 Å². The molecule has 3 rings (SSSR count). The van der Waals surface area contributed by atoms with Gasteiger partial charge < -0.3 is 19.7 Å². The first-order valence-corrected chi connectivity index (χ1v) is 41.4. The fraction of sp³-hybridized carbons (Fsp3) is 0.868. The van der Waals surface area contributed by atoms with Gasteiger partial charge in [-0.1, -0.05) is 250 Å². The number of aliphatic carboxylic acids is 2. The summed E-state index contributed by atoms with van der Waals surface area (Å²) in [4.78, 5) is 65.7. The summed E-state index contributed by atoms with van der Waals surface area (Å²) in [7, 11) is -8.34. The molecule has 3 heterocycles. The van der Waals surface area contributed by atoms with Crippen molar-refractivity contribution in [2.75, 3.05) is 31.5 Å². The summed E-state index contributed by atoms with van der Waals surface area (Å²) < 4.78 is 80.5. The van der Waals surface area contributed by atoms with E-state index in [-0.39, 0.29) is 90.9 Å². The molecule has 31 nitrogen and oxygen atoms in total. The Morgan fingerprint density at radius 2 is 0.549 bits per heavy atom. The van der Waals surface area contributed by atoms with E-state index in [2.05, 4.69) is 81.2 Å². The van der Waals surface area contributed by atoms with Gasteiger partial charge in [0.25, 0.3) is 0 Å². The number of esters is 2. The summed E-state index contributed by atoms with van der Waals surface area (Å²) in [6.45, 7) is 0. The van der Waals surface area contributed by atoms with Crippen LogP contribution in [0.15, 0.2) is 0 Å². The van der Waals surface area contributed by atoms with Crippen molar-refractivity contribution in [1.29, 1.82) is 0 Å². The number of carbonyl (C=O) groups excluding carboxylic acids is 4. The average Bonchev–Trinajstić information content (AvgIpc) is 1.45. The molecule has 596 valence electrons. The lowest BCUT2D eigenvalue weighted by atomic mass is 10.0. The molecule has 0 fully saturated rings. The maximum Gasteiger partial charge on any atom is 0.305 e. The largest absolute Gasteiger partial charge is 0.481 e. The number of carboxylic acids is 2. The van der Waals surface area contributed by atoms with Gasteiger partial charge in [-0.25, -0.2) is 30.4 Å². The molecule has 2 amide bonds. The van der Waals surface area contributed by atoms with Gasteiger partial charge in [0.05, 0.1) is 31.5 Å². The van der Waals surface area contributed by atoms with Crippen molar-refractivity contribution in [2.45, 2.75) is 350 Å². The molecule has 0 aliphatic heterocycles. The normalized spacial score (nSPS) is 11.0. The predicted molar refractivity (Wildman–Crippen MR) is 397 cm³/mol. The first kappa shape index (κ1) is 102. The van der Waals surface area contributed by atoms with E-state index < -0.39 is 65.8 Å². The van der Waals surface area contributed by atoms with E-state index in [1.54, 1.807) is 0 Å². The lowest BCUT2D eigenvalue weighted by Gasteiger charge is -2.07. The van der Waals surface area contributed by atoms with Gasteiger partial charge in [-0.3, -0.25) is 38.2 Å². The molecular formula is C68H135N15O16S3. The van der Waals surface area contributed by atoms with E-state index in [1.807, 2.05) is 4.72 Å². The summed E-state index contributed by atoms with van der Waals surface area (Å²) in [6.07, 6.45) is 49.8. The summed E-state index contributed by atoms with van der Waals surface area (Å²) in [5.41, 5.74) is 0. The second kappa shape index (κ2) is 70.5. The quantitative estimate of drug-likeness (QED) is 0.0192. The highest BCUT2D eigenvalue weighted by Gasteiger charge is 2.17. The fourth-order valence-corrected chi connectivity index (χ4v) is 13.1. The van der Waals surface area contributed by atoms with E-state index in [9.17, 15) is 54.0 Å². The molecule has 34 heteroatoms. The first-order valence-electron chi connectivity index (χ1n) is 36.4. The van der Waals surface area contributed by atoms with Gasteiger partial charge in [0.1, 0.15) is 0 Å². The molecule has 0 aliphatic rings. The van der Waals surface area contributed by atoms with Crippen LogP contribution in [0.2, 0.25) is 0 Å². The topological polar surface area (TPSA) is 477 Å². The van der Waals surface area contributed by atoms with Crippen LogP contribution in [0.1, 0.15) is 348 Å². The van der Waals surface area contributed by atoms with Crippen molar-refractivity contribution >= 4 is 65.8 Å². The minimum Gasteiger partial charge on any atom is -0.481 e. The van der Waals surface area contributed by atoms with Gasteiger partial charge in [0.15, 0.2) is 17.5 Å². The van der Waals surface area contributed by atoms with Gasteiger partial charge in [0.2, 0.25) is 41.9 Å². The second-order valence-electron chi connectivity index (χ2n) is 25.1. The van der Waals surface area contributed by atoms with E-state index in [1.165, 1.54) is 181 Å². The number of carbonyl (C=O) groups is 6. The maximum atomic E-state index is 11.8. The Balaban J connectivity index is -0.000000655. The smallest absolute Gasteiger partial charge is 0.305 e. The van der Waals surface area contributed by atoms with E-state index >= 15 is 0 Å². The number of methoxy groups -OCH3 is 2. The van der Waals surface area contributed by atoms with Crippen molar-refractivity contribution in [3.05, 3.63) is 17.5 Å². The number of tetrazole rings is 3. The molecule has 0 spiro atoms. The number of amides is 2. The molecule has 0 saturated carbocycles.